The SMILES string of the molecule is NCC1(CNC(=O)c2ccc(Cc3nc(NCc4ccc(OCCCBr)cc4)nc(OCC(F)(F)F)n3)cc2)COC1. The number of ether oxygens (including phenoxy) is 3. The monoisotopic (exact) mass is 652 g/mol. The van der Waals surface area contributed by atoms with Crippen LogP contribution in [0.25, 0.3) is 0 Å². The molecular weight excluding hydrogens is 621 g/mol. The summed E-state index contributed by atoms with van der Waals surface area (Å²) in [6, 6.07) is 13.7. The summed E-state index contributed by atoms with van der Waals surface area (Å²) in [5.74, 6) is 0.766. The number of carbonyl (C=O) groups excluding carboxylic acids is 1. The first-order valence-corrected chi connectivity index (χ1v) is 14.4. The van der Waals surface area contributed by atoms with Crippen LogP contribution in [0.3, 0.4) is 0 Å². The lowest BCUT2D eigenvalue weighted by molar-refractivity contribution is -0.154. The highest BCUT2D eigenvalue weighted by Gasteiger charge is 2.37. The van der Waals surface area contributed by atoms with E-state index in [2.05, 4.69) is 41.5 Å². The molecule has 0 bridgehead atoms. The molecule has 1 fully saturated rings. The van der Waals surface area contributed by atoms with Gasteiger partial charge in [-0.1, -0.05) is 40.2 Å². The minimum Gasteiger partial charge on any atom is -0.494 e. The fraction of sp³-hybridized carbons (Fsp3) is 0.429. The van der Waals surface area contributed by atoms with E-state index in [1.807, 2.05) is 24.3 Å². The lowest BCUT2D eigenvalue weighted by Gasteiger charge is -2.40. The maximum atomic E-state index is 12.8. The summed E-state index contributed by atoms with van der Waals surface area (Å²) in [4.78, 5) is 25.0. The van der Waals surface area contributed by atoms with Crippen LogP contribution in [0.2, 0.25) is 0 Å². The van der Waals surface area contributed by atoms with Gasteiger partial charge >= 0.3 is 12.2 Å². The molecule has 42 heavy (non-hydrogen) atoms. The predicted octanol–water partition coefficient (Wildman–Crippen LogP) is 3.88. The van der Waals surface area contributed by atoms with Crippen LogP contribution in [0, 0.1) is 5.41 Å². The number of nitrogens with zero attached hydrogens (tertiary/aromatic N) is 3. The minimum atomic E-state index is -4.55. The van der Waals surface area contributed by atoms with Gasteiger partial charge in [0.15, 0.2) is 6.61 Å². The number of hydrogen-bond acceptors (Lipinski definition) is 9. The lowest BCUT2D eigenvalue weighted by atomic mass is 9.86. The lowest BCUT2D eigenvalue weighted by Crippen LogP contribution is -2.55. The molecule has 0 aliphatic carbocycles. The summed E-state index contributed by atoms with van der Waals surface area (Å²) in [5, 5.41) is 6.76. The molecule has 0 atom stereocenters. The van der Waals surface area contributed by atoms with E-state index in [9.17, 15) is 18.0 Å². The van der Waals surface area contributed by atoms with Crippen LogP contribution in [0.1, 0.15) is 33.7 Å². The smallest absolute Gasteiger partial charge is 0.422 e. The van der Waals surface area contributed by atoms with Crippen molar-refractivity contribution < 1.29 is 32.2 Å². The van der Waals surface area contributed by atoms with E-state index in [-0.39, 0.29) is 29.5 Å². The quantitative estimate of drug-likeness (QED) is 0.165. The van der Waals surface area contributed by atoms with E-state index >= 15 is 0 Å². The normalized spacial score (nSPS) is 14.1. The van der Waals surface area contributed by atoms with Gasteiger partial charge < -0.3 is 30.6 Å². The predicted molar refractivity (Wildman–Crippen MR) is 153 cm³/mol. The molecule has 0 unspecified atom stereocenters. The molecule has 14 heteroatoms. The van der Waals surface area contributed by atoms with Gasteiger partial charge in [0.25, 0.3) is 5.91 Å². The summed E-state index contributed by atoms with van der Waals surface area (Å²) in [5.41, 5.74) is 7.66. The van der Waals surface area contributed by atoms with E-state index in [1.54, 1.807) is 24.3 Å². The summed E-state index contributed by atoms with van der Waals surface area (Å²) in [6.45, 7) is 1.24. The maximum absolute atomic E-state index is 12.8. The molecule has 2 aromatic carbocycles. The first kappa shape index (κ1) is 31.4. The zero-order chi connectivity index (χ0) is 30.0. The minimum absolute atomic E-state index is 0.0691. The summed E-state index contributed by atoms with van der Waals surface area (Å²) < 4.78 is 54.0. The third-order valence-electron chi connectivity index (χ3n) is 6.40. The molecule has 3 aromatic rings. The molecule has 226 valence electrons. The van der Waals surface area contributed by atoms with E-state index < -0.39 is 18.8 Å². The highest BCUT2D eigenvalue weighted by molar-refractivity contribution is 9.09. The number of nitrogens with one attached hydrogen (secondary N) is 2. The van der Waals surface area contributed by atoms with E-state index in [0.717, 1.165) is 28.6 Å². The third-order valence-corrected chi connectivity index (χ3v) is 6.96. The number of alkyl halides is 4. The largest absolute Gasteiger partial charge is 0.494 e. The van der Waals surface area contributed by atoms with Gasteiger partial charge in [0, 0.05) is 42.4 Å². The highest BCUT2D eigenvalue weighted by atomic mass is 79.9. The second kappa shape index (κ2) is 14.6. The van der Waals surface area contributed by atoms with Crippen molar-refractivity contribution in [1.29, 1.82) is 0 Å². The van der Waals surface area contributed by atoms with Crippen LogP contribution in [0.4, 0.5) is 19.1 Å². The van der Waals surface area contributed by atoms with Crippen LogP contribution in [-0.4, -0.2) is 71.9 Å². The van der Waals surface area contributed by atoms with E-state index in [4.69, 9.17) is 19.9 Å². The standard InChI is InChI=1S/C28H32BrF3N6O4/c29-10-1-11-41-22-8-4-20(5-9-22)13-34-25-36-23(37-26(38-25)42-18-28(30,31)32)12-19-2-6-21(7-3-19)24(39)35-15-27(14-33)16-40-17-27/h2-9H,1,10-18,33H2,(H,35,39)(H,34,36,37,38). The third kappa shape index (κ3) is 9.53. The molecule has 1 amide bonds. The molecule has 0 saturated carbocycles. The van der Waals surface area contributed by atoms with Crippen molar-refractivity contribution in [1.82, 2.24) is 20.3 Å². The van der Waals surface area contributed by atoms with Crippen LogP contribution >= 0.6 is 15.9 Å². The second-order valence-corrected chi connectivity index (χ2v) is 10.7. The molecule has 1 aromatic heterocycles. The fourth-order valence-corrected chi connectivity index (χ4v) is 4.13. The van der Waals surface area contributed by atoms with Gasteiger partial charge in [0.2, 0.25) is 5.95 Å². The number of benzene rings is 2. The van der Waals surface area contributed by atoms with Crippen LogP contribution in [0.5, 0.6) is 11.8 Å². The Bertz CT molecular complexity index is 1300. The van der Waals surface area contributed by atoms with Crippen molar-refractivity contribution in [2.75, 3.05) is 50.2 Å². The molecule has 0 radical (unpaired) electrons. The van der Waals surface area contributed by atoms with Crippen molar-refractivity contribution in [2.24, 2.45) is 11.1 Å². The topological polar surface area (TPSA) is 134 Å². The number of nitrogens with two attached hydrogens (primary N) is 1. The fourth-order valence-electron chi connectivity index (χ4n) is 3.91. The molecule has 4 N–H and O–H groups in total. The van der Waals surface area contributed by atoms with Gasteiger partial charge in [0.1, 0.15) is 11.6 Å². The number of halogens is 4. The first-order valence-electron chi connectivity index (χ1n) is 13.3. The average Bonchev–Trinajstić information content (AvgIpc) is 2.95. The number of carbonyl (C=O) groups is 1. The summed E-state index contributed by atoms with van der Waals surface area (Å²) >= 11 is 3.36. The maximum Gasteiger partial charge on any atom is 0.422 e. The molecular formula is C28H32BrF3N6O4. The Balaban J connectivity index is 1.40. The number of hydrogen-bond donors (Lipinski definition) is 3. The summed E-state index contributed by atoms with van der Waals surface area (Å²) in [7, 11) is 0. The number of aromatic nitrogens is 3. The number of amides is 1. The number of anilines is 1. The molecule has 4 rings (SSSR count). The molecule has 1 aliphatic heterocycles. The van der Waals surface area contributed by atoms with E-state index in [1.165, 1.54) is 0 Å². The molecule has 1 saturated heterocycles. The zero-order valence-corrected chi connectivity index (χ0v) is 24.3. The van der Waals surface area contributed by atoms with Gasteiger partial charge in [-0.2, -0.15) is 28.1 Å². The molecule has 10 nitrogen and oxygen atoms in total. The van der Waals surface area contributed by atoms with Crippen molar-refractivity contribution >= 4 is 27.8 Å². The second-order valence-electron chi connectivity index (χ2n) is 9.90. The van der Waals surface area contributed by atoms with Crippen molar-refractivity contribution in [3.05, 3.63) is 71.0 Å². The van der Waals surface area contributed by atoms with Gasteiger partial charge in [-0.15, -0.1) is 0 Å². The number of rotatable bonds is 15. The summed E-state index contributed by atoms with van der Waals surface area (Å²) in [6.07, 6.45) is -3.49. The average molecular weight is 654 g/mol. The van der Waals surface area contributed by atoms with Crippen molar-refractivity contribution in [2.45, 2.75) is 25.6 Å². The Hall–Kier alpha value is -3.49. The molecule has 1 aliphatic rings. The first-order chi connectivity index (χ1) is 20.2. The Morgan fingerprint density at radius 2 is 1.74 bits per heavy atom. The van der Waals surface area contributed by atoms with Crippen LogP contribution in [-0.2, 0) is 17.7 Å². The Labute approximate surface area is 249 Å². The van der Waals surface area contributed by atoms with Gasteiger partial charge in [-0.05, 0) is 41.8 Å². The van der Waals surface area contributed by atoms with Gasteiger partial charge in [-0.3, -0.25) is 4.79 Å². The van der Waals surface area contributed by atoms with E-state index in [0.29, 0.717) is 45.0 Å². The Kier molecular flexibility index (Phi) is 10.9. The van der Waals surface area contributed by atoms with Crippen LogP contribution < -0.4 is 25.8 Å². The van der Waals surface area contributed by atoms with Gasteiger partial charge in [0.05, 0.1) is 19.8 Å². The molecule has 0 spiro atoms. The molecule has 2 heterocycles. The van der Waals surface area contributed by atoms with Gasteiger partial charge in [-0.25, -0.2) is 0 Å². The van der Waals surface area contributed by atoms with Crippen molar-refractivity contribution in [3.63, 3.8) is 0 Å². The zero-order valence-electron chi connectivity index (χ0n) is 22.8. The Morgan fingerprint density at radius 1 is 1.02 bits per heavy atom. The van der Waals surface area contributed by atoms with Crippen LogP contribution in [0.15, 0.2) is 48.5 Å². The highest BCUT2D eigenvalue weighted by Crippen LogP contribution is 2.25. The van der Waals surface area contributed by atoms with Crippen molar-refractivity contribution in [3.8, 4) is 11.8 Å². The Morgan fingerprint density at radius 3 is 2.36 bits per heavy atom.